The molecule has 0 aromatic carbocycles. The summed E-state index contributed by atoms with van der Waals surface area (Å²) in [6.07, 6.45) is 3.63. The summed E-state index contributed by atoms with van der Waals surface area (Å²) >= 11 is 0. The first-order valence-corrected chi connectivity index (χ1v) is 4.29. The van der Waals surface area contributed by atoms with Crippen LogP contribution in [0.25, 0.3) is 0 Å². The zero-order valence-corrected chi connectivity index (χ0v) is 8.22. The SMILES string of the molecule is C=C/C(=C\C(C)=N)N(CC)CC. The van der Waals surface area contributed by atoms with E-state index in [0.29, 0.717) is 5.71 Å². The van der Waals surface area contributed by atoms with Crippen LogP contribution in [0.1, 0.15) is 20.8 Å². The minimum Gasteiger partial charge on any atom is -0.372 e. The molecule has 2 nitrogen and oxygen atoms in total. The molecule has 0 aliphatic carbocycles. The summed E-state index contributed by atoms with van der Waals surface area (Å²) in [7, 11) is 0. The highest BCUT2D eigenvalue weighted by molar-refractivity contribution is 5.90. The van der Waals surface area contributed by atoms with Gasteiger partial charge < -0.3 is 10.3 Å². The Morgan fingerprint density at radius 1 is 1.42 bits per heavy atom. The lowest BCUT2D eigenvalue weighted by Crippen LogP contribution is -2.21. The number of hydrogen-bond donors (Lipinski definition) is 1. The second-order valence-electron chi connectivity index (χ2n) is 2.63. The van der Waals surface area contributed by atoms with E-state index in [2.05, 4.69) is 25.3 Å². The lowest BCUT2D eigenvalue weighted by atomic mass is 10.2. The summed E-state index contributed by atoms with van der Waals surface area (Å²) in [6.45, 7) is 11.6. The molecular weight excluding hydrogens is 148 g/mol. The van der Waals surface area contributed by atoms with Crippen LogP contribution in [0.2, 0.25) is 0 Å². The molecule has 0 atom stereocenters. The van der Waals surface area contributed by atoms with E-state index in [1.54, 1.807) is 13.0 Å². The second-order valence-corrected chi connectivity index (χ2v) is 2.63. The Morgan fingerprint density at radius 3 is 2.17 bits per heavy atom. The van der Waals surface area contributed by atoms with Crippen molar-refractivity contribution in [3.8, 4) is 0 Å². The highest BCUT2D eigenvalue weighted by Gasteiger charge is 2.00. The van der Waals surface area contributed by atoms with Crippen molar-refractivity contribution in [2.45, 2.75) is 20.8 Å². The Bertz CT molecular complexity index is 188. The standard InChI is InChI=1S/C10H18N2/c1-5-10(8-9(4)11)12(6-2)7-3/h5,8,11H,1,6-7H2,2-4H3/b10-8+,11-9?. The van der Waals surface area contributed by atoms with E-state index in [1.165, 1.54) is 0 Å². The van der Waals surface area contributed by atoms with Crippen LogP contribution < -0.4 is 0 Å². The van der Waals surface area contributed by atoms with E-state index in [1.807, 2.05) is 6.08 Å². The van der Waals surface area contributed by atoms with E-state index < -0.39 is 0 Å². The third-order valence-corrected chi connectivity index (χ3v) is 1.70. The smallest absolute Gasteiger partial charge is 0.0377 e. The van der Waals surface area contributed by atoms with Crippen LogP contribution in [-0.2, 0) is 0 Å². The predicted octanol–water partition coefficient (Wildman–Crippen LogP) is 2.44. The van der Waals surface area contributed by atoms with Gasteiger partial charge in [-0.15, -0.1) is 0 Å². The van der Waals surface area contributed by atoms with Gasteiger partial charge in [0.1, 0.15) is 0 Å². The monoisotopic (exact) mass is 166 g/mol. The third kappa shape index (κ3) is 3.37. The fourth-order valence-electron chi connectivity index (χ4n) is 1.09. The highest BCUT2D eigenvalue weighted by Crippen LogP contribution is 2.04. The van der Waals surface area contributed by atoms with Gasteiger partial charge in [-0.1, -0.05) is 6.58 Å². The van der Waals surface area contributed by atoms with E-state index in [0.717, 1.165) is 18.8 Å². The minimum absolute atomic E-state index is 0.566. The van der Waals surface area contributed by atoms with Gasteiger partial charge in [-0.25, -0.2) is 0 Å². The van der Waals surface area contributed by atoms with Crippen LogP contribution in [-0.4, -0.2) is 23.7 Å². The second kappa shape index (κ2) is 5.58. The molecule has 0 radical (unpaired) electrons. The maximum atomic E-state index is 7.32. The van der Waals surface area contributed by atoms with Gasteiger partial charge in [0.2, 0.25) is 0 Å². The summed E-state index contributed by atoms with van der Waals surface area (Å²) in [5.41, 5.74) is 1.60. The third-order valence-electron chi connectivity index (χ3n) is 1.70. The summed E-state index contributed by atoms with van der Waals surface area (Å²) in [6, 6.07) is 0. The number of nitrogens with one attached hydrogen (secondary N) is 1. The lowest BCUT2D eigenvalue weighted by Gasteiger charge is -2.21. The van der Waals surface area contributed by atoms with E-state index in [4.69, 9.17) is 5.41 Å². The maximum absolute atomic E-state index is 7.32. The highest BCUT2D eigenvalue weighted by atomic mass is 15.1. The average molecular weight is 166 g/mol. The van der Waals surface area contributed by atoms with Gasteiger partial charge in [-0.2, -0.15) is 0 Å². The van der Waals surface area contributed by atoms with Crippen molar-refractivity contribution < 1.29 is 0 Å². The molecule has 0 heterocycles. The Kier molecular flexibility index (Phi) is 5.09. The molecule has 12 heavy (non-hydrogen) atoms. The van der Waals surface area contributed by atoms with Crippen molar-refractivity contribution in [2.75, 3.05) is 13.1 Å². The summed E-state index contributed by atoms with van der Waals surface area (Å²) in [5.74, 6) is 0. The van der Waals surface area contributed by atoms with Crippen molar-refractivity contribution in [3.05, 3.63) is 24.4 Å². The van der Waals surface area contributed by atoms with Crippen LogP contribution in [0.15, 0.2) is 24.4 Å². The molecule has 0 saturated carbocycles. The Hall–Kier alpha value is -1.05. The molecule has 2 heteroatoms. The van der Waals surface area contributed by atoms with Gasteiger partial charge >= 0.3 is 0 Å². The van der Waals surface area contributed by atoms with Crippen LogP contribution >= 0.6 is 0 Å². The molecule has 0 spiro atoms. The largest absolute Gasteiger partial charge is 0.372 e. The van der Waals surface area contributed by atoms with E-state index in [-0.39, 0.29) is 0 Å². The fourth-order valence-corrected chi connectivity index (χ4v) is 1.09. The number of nitrogens with zero attached hydrogens (tertiary/aromatic N) is 1. The molecule has 0 rings (SSSR count). The molecule has 0 unspecified atom stereocenters. The van der Waals surface area contributed by atoms with Crippen molar-refractivity contribution in [2.24, 2.45) is 0 Å². The summed E-state index contributed by atoms with van der Waals surface area (Å²) in [4.78, 5) is 2.17. The van der Waals surface area contributed by atoms with Gasteiger partial charge in [0.05, 0.1) is 0 Å². The molecule has 68 valence electrons. The molecule has 0 aromatic rings. The van der Waals surface area contributed by atoms with Crippen molar-refractivity contribution in [1.82, 2.24) is 4.90 Å². The fraction of sp³-hybridized carbons (Fsp3) is 0.500. The van der Waals surface area contributed by atoms with Crippen LogP contribution in [0, 0.1) is 5.41 Å². The number of hydrogen-bond acceptors (Lipinski definition) is 2. The summed E-state index contributed by atoms with van der Waals surface area (Å²) in [5, 5.41) is 7.32. The summed E-state index contributed by atoms with van der Waals surface area (Å²) < 4.78 is 0. The zero-order chi connectivity index (χ0) is 9.56. The Labute approximate surface area is 75.1 Å². The van der Waals surface area contributed by atoms with Gasteiger partial charge in [0.25, 0.3) is 0 Å². The maximum Gasteiger partial charge on any atom is 0.0377 e. The molecule has 0 aliphatic heterocycles. The average Bonchev–Trinajstić information content (AvgIpc) is 2.04. The van der Waals surface area contributed by atoms with Gasteiger partial charge in [-0.05, 0) is 32.9 Å². The predicted molar refractivity (Wildman–Crippen MR) is 54.6 cm³/mol. The normalized spacial score (nSPS) is 11.1. The van der Waals surface area contributed by atoms with Crippen molar-refractivity contribution in [3.63, 3.8) is 0 Å². The molecule has 0 amide bonds. The van der Waals surface area contributed by atoms with Gasteiger partial charge in [0, 0.05) is 24.5 Å². The van der Waals surface area contributed by atoms with Crippen LogP contribution in [0.5, 0.6) is 0 Å². The quantitative estimate of drug-likeness (QED) is 0.493. The first-order valence-electron chi connectivity index (χ1n) is 4.29. The topological polar surface area (TPSA) is 27.1 Å². The molecule has 0 aliphatic rings. The zero-order valence-electron chi connectivity index (χ0n) is 8.22. The number of rotatable bonds is 5. The molecule has 1 N–H and O–H groups in total. The van der Waals surface area contributed by atoms with Crippen LogP contribution in [0.4, 0.5) is 0 Å². The van der Waals surface area contributed by atoms with Gasteiger partial charge in [-0.3, -0.25) is 0 Å². The van der Waals surface area contributed by atoms with Gasteiger partial charge in [0.15, 0.2) is 0 Å². The molecule has 0 saturated heterocycles. The Balaban J connectivity index is 4.51. The first kappa shape index (κ1) is 11.0. The Morgan fingerprint density at radius 2 is 1.92 bits per heavy atom. The first-order chi connectivity index (χ1) is 5.65. The number of likely N-dealkylation sites (N-methyl/N-ethyl adjacent to an activating group) is 1. The van der Waals surface area contributed by atoms with E-state index in [9.17, 15) is 0 Å². The molecule has 0 aromatic heterocycles. The van der Waals surface area contributed by atoms with E-state index >= 15 is 0 Å². The van der Waals surface area contributed by atoms with Crippen molar-refractivity contribution >= 4 is 5.71 Å². The molecule has 0 fully saturated rings. The van der Waals surface area contributed by atoms with Crippen LogP contribution in [0.3, 0.4) is 0 Å². The molecular formula is C10H18N2. The minimum atomic E-state index is 0.566. The lowest BCUT2D eigenvalue weighted by molar-refractivity contribution is 0.395. The van der Waals surface area contributed by atoms with Crippen molar-refractivity contribution in [1.29, 1.82) is 5.41 Å². The number of allylic oxidation sites excluding steroid dienone is 2. The molecule has 0 bridgehead atoms.